The van der Waals surface area contributed by atoms with Crippen LogP contribution in [0.2, 0.25) is 0 Å². The van der Waals surface area contributed by atoms with Crippen molar-refractivity contribution >= 4 is 5.97 Å². The zero-order valence-corrected chi connectivity index (χ0v) is 7.08. The first-order chi connectivity index (χ1) is 6.52. The van der Waals surface area contributed by atoms with Crippen molar-refractivity contribution in [2.75, 3.05) is 0 Å². The van der Waals surface area contributed by atoms with Crippen LogP contribution < -0.4 is 5.73 Å². The van der Waals surface area contributed by atoms with Gasteiger partial charge in [0.05, 0.1) is 0 Å². The SMILES string of the molecule is NC(Cc1ccnc(F)c1F)C(=O)O. The molecule has 1 heterocycles. The third-order valence-electron chi connectivity index (χ3n) is 1.68. The molecule has 0 radical (unpaired) electrons. The monoisotopic (exact) mass is 202 g/mol. The molecule has 0 aromatic carbocycles. The number of aromatic nitrogens is 1. The predicted molar refractivity (Wildman–Crippen MR) is 43.5 cm³/mol. The van der Waals surface area contributed by atoms with E-state index in [1.54, 1.807) is 0 Å². The van der Waals surface area contributed by atoms with Gasteiger partial charge in [-0.3, -0.25) is 4.79 Å². The molecular weight excluding hydrogens is 194 g/mol. The number of carboxylic acids is 1. The summed E-state index contributed by atoms with van der Waals surface area (Å²) in [5.74, 6) is -3.66. The first kappa shape index (κ1) is 10.5. The van der Waals surface area contributed by atoms with Crippen molar-refractivity contribution < 1.29 is 18.7 Å². The fourth-order valence-corrected chi connectivity index (χ4v) is 0.937. The third kappa shape index (κ3) is 2.23. The molecule has 0 spiro atoms. The summed E-state index contributed by atoms with van der Waals surface area (Å²) in [6.45, 7) is 0. The van der Waals surface area contributed by atoms with Crippen molar-refractivity contribution in [3.8, 4) is 0 Å². The topological polar surface area (TPSA) is 76.2 Å². The van der Waals surface area contributed by atoms with Gasteiger partial charge in [-0.15, -0.1) is 0 Å². The zero-order valence-electron chi connectivity index (χ0n) is 7.08. The zero-order chi connectivity index (χ0) is 10.7. The Bertz CT molecular complexity index is 357. The van der Waals surface area contributed by atoms with Crippen molar-refractivity contribution in [2.24, 2.45) is 5.73 Å². The van der Waals surface area contributed by atoms with Crippen LogP contribution in [-0.4, -0.2) is 22.1 Å². The maximum atomic E-state index is 12.9. The summed E-state index contributed by atoms with van der Waals surface area (Å²) in [4.78, 5) is 13.4. The molecule has 0 amide bonds. The fourth-order valence-electron chi connectivity index (χ4n) is 0.937. The minimum Gasteiger partial charge on any atom is -0.480 e. The molecular formula is C8H8F2N2O2. The Morgan fingerprint density at radius 2 is 2.29 bits per heavy atom. The van der Waals surface area contributed by atoms with Crippen LogP contribution in [0, 0.1) is 11.8 Å². The van der Waals surface area contributed by atoms with E-state index in [0.717, 1.165) is 6.20 Å². The smallest absolute Gasteiger partial charge is 0.320 e. The highest BCUT2D eigenvalue weighted by Crippen LogP contribution is 2.10. The highest BCUT2D eigenvalue weighted by atomic mass is 19.2. The maximum absolute atomic E-state index is 12.9. The number of rotatable bonds is 3. The molecule has 1 atom stereocenters. The Hall–Kier alpha value is -1.56. The molecule has 0 aliphatic rings. The van der Waals surface area contributed by atoms with Crippen molar-refractivity contribution in [3.05, 3.63) is 29.6 Å². The Labute approximate surface area is 78.4 Å². The first-order valence-corrected chi connectivity index (χ1v) is 3.79. The van der Waals surface area contributed by atoms with Crippen LogP contribution in [0.1, 0.15) is 5.56 Å². The first-order valence-electron chi connectivity index (χ1n) is 3.79. The highest BCUT2D eigenvalue weighted by Gasteiger charge is 2.16. The van der Waals surface area contributed by atoms with Crippen LogP contribution in [0.25, 0.3) is 0 Å². The molecule has 1 aromatic heterocycles. The average molecular weight is 202 g/mol. The lowest BCUT2D eigenvalue weighted by molar-refractivity contribution is -0.138. The van der Waals surface area contributed by atoms with Gasteiger partial charge in [-0.1, -0.05) is 0 Å². The molecule has 1 aromatic rings. The third-order valence-corrected chi connectivity index (χ3v) is 1.68. The Morgan fingerprint density at radius 3 is 2.86 bits per heavy atom. The average Bonchev–Trinajstić information content (AvgIpc) is 2.12. The Kier molecular flexibility index (Phi) is 3.08. The number of carboxylic acid groups (broad SMARTS) is 1. The van der Waals surface area contributed by atoms with E-state index in [2.05, 4.69) is 4.98 Å². The Balaban J connectivity index is 2.87. The number of pyridine rings is 1. The van der Waals surface area contributed by atoms with Gasteiger partial charge < -0.3 is 10.8 Å². The molecule has 1 unspecified atom stereocenters. The van der Waals surface area contributed by atoms with Gasteiger partial charge in [0.2, 0.25) is 5.95 Å². The van der Waals surface area contributed by atoms with E-state index in [0.29, 0.717) is 0 Å². The van der Waals surface area contributed by atoms with E-state index in [9.17, 15) is 13.6 Å². The quantitative estimate of drug-likeness (QED) is 0.692. The van der Waals surface area contributed by atoms with Gasteiger partial charge in [0.1, 0.15) is 6.04 Å². The second-order valence-electron chi connectivity index (χ2n) is 2.72. The molecule has 76 valence electrons. The van der Waals surface area contributed by atoms with Crippen LogP contribution in [0.5, 0.6) is 0 Å². The van der Waals surface area contributed by atoms with E-state index in [1.807, 2.05) is 0 Å². The molecule has 0 bridgehead atoms. The van der Waals surface area contributed by atoms with Gasteiger partial charge in [-0.2, -0.15) is 4.39 Å². The molecule has 0 aliphatic heterocycles. The van der Waals surface area contributed by atoms with E-state index in [1.165, 1.54) is 6.07 Å². The number of nitrogens with zero attached hydrogens (tertiary/aromatic N) is 1. The number of carbonyl (C=O) groups is 1. The number of hydrogen-bond donors (Lipinski definition) is 2. The van der Waals surface area contributed by atoms with Gasteiger partial charge in [-0.05, 0) is 11.6 Å². The van der Waals surface area contributed by atoms with Crippen molar-refractivity contribution in [2.45, 2.75) is 12.5 Å². The molecule has 0 saturated heterocycles. The second-order valence-corrected chi connectivity index (χ2v) is 2.72. The summed E-state index contributed by atoms with van der Waals surface area (Å²) in [6.07, 6.45) is 0.795. The standard InChI is InChI=1S/C8H8F2N2O2/c9-6-4(1-2-12-7(6)10)3-5(11)8(13)14/h1-2,5H,3,11H2,(H,13,14). The molecule has 14 heavy (non-hydrogen) atoms. The van der Waals surface area contributed by atoms with Crippen molar-refractivity contribution in [1.29, 1.82) is 0 Å². The van der Waals surface area contributed by atoms with Gasteiger partial charge in [0.15, 0.2) is 5.82 Å². The fraction of sp³-hybridized carbons (Fsp3) is 0.250. The maximum Gasteiger partial charge on any atom is 0.320 e. The van der Waals surface area contributed by atoms with Crippen LogP contribution in [-0.2, 0) is 11.2 Å². The van der Waals surface area contributed by atoms with E-state index in [4.69, 9.17) is 10.8 Å². The summed E-state index contributed by atoms with van der Waals surface area (Å²) < 4.78 is 25.5. The minimum atomic E-state index is -1.26. The van der Waals surface area contributed by atoms with Crippen LogP contribution >= 0.6 is 0 Å². The van der Waals surface area contributed by atoms with E-state index in [-0.39, 0.29) is 12.0 Å². The number of hydrogen-bond acceptors (Lipinski definition) is 3. The van der Waals surface area contributed by atoms with Crippen LogP contribution in [0.3, 0.4) is 0 Å². The molecule has 0 saturated carbocycles. The largest absolute Gasteiger partial charge is 0.480 e. The lowest BCUT2D eigenvalue weighted by atomic mass is 10.1. The highest BCUT2D eigenvalue weighted by molar-refractivity contribution is 5.73. The molecule has 3 N–H and O–H groups in total. The van der Waals surface area contributed by atoms with Crippen molar-refractivity contribution in [3.63, 3.8) is 0 Å². The van der Waals surface area contributed by atoms with Gasteiger partial charge >= 0.3 is 5.97 Å². The number of nitrogens with two attached hydrogens (primary N) is 1. The minimum absolute atomic E-state index is 0.0904. The number of aliphatic carboxylic acids is 1. The Morgan fingerprint density at radius 1 is 1.64 bits per heavy atom. The van der Waals surface area contributed by atoms with Gasteiger partial charge in [0, 0.05) is 12.6 Å². The molecule has 0 aliphatic carbocycles. The van der Waals surface area contributed by atoms with E-state index < -0.39 is 23.8 Å². The molecule has 6 heteroatoms. The van der Waals surface area contributed by atoms with Crippen LogP contribution in [0.4, 0.5) is 8.78 Å². The lowest BCUT2D eigenvalue weighted by Crippen LogP contribution is -2.32. The second kappa shape index (κ2) is 4.10. The van der Waals surface area contributed by atoms with Gasteiger partial charge in [0.25, 0.3) is 0 Å². The molecule has 1 rings (SSSR count). The molecule has 4 nitrogen and oxygen atoms in total. The summed E-state index contributed by atoms with van der Waals surface area (Å²) >= 11 is 0. The summed E-state index contributed by atoms with van der Waals surface area (Å²) in [7, 11) is 0. The summed E-state index contributed by atoms with van der Waals surface area (Å²) in [5, 5.41) is 8.45. The predicted octanol–water partition coefficient (Wildman–Crippen LogP) is 0.314. The summed E-state index contributed by atoms with van der Waals surface area (Å²) in [6, 6.07) is -0.0485. The normalized spacial score (nSPS) is 12.5. The molecule has 0 fully saturated rings. The number of halogens is 2. The van der Waals surface area contributed by atoms with Gasteiger partial charge in [-0.25, -0.2) is 9.37 Å². The van der Waals surface area contributed by atoms with Crippen LogP contribution in [0.15, 0.2) is 12.3 Å². The van der Waals surface area contributed by atoms with Crippen molar-refractivity contribution in [1.82, 2.24) is 4.98 Å². The van der Waals surface area contributed by atoms with E-state index >= 15 is 0 Å². The lowest BCUT2D eigenvalue weighted by Gasteiger charge is -2.06. The summed E-state index contributed by atoms with van der Waals surface area (Å²) in [5.41, 5.74) is 5.07.